The molecule has 0 spiro atoms. The van der Waals surface area contributed by atoms with Crippen LogP contribution in [0, 0.1) is 5.92 Å². The first-order valence-electron chi connectivity index (χ1n) is 7.64. The van der Waals surface area contributed by atoms with Crippen molar-refractivity contribution in [1.82, 2.24) is 4.98 Å². The lowest BCUT2D eigenvalue weighted by atomic mass is 10.1. The second-order valence-corrected chi connectivity index (χ2v) is 6.18. The van der Waals surface area contributed by atoms with Gasteiger partial charge in [-0.3, -0.25) is 0 Å². The van der Waals surface area contributed by atoms with Gasteiger partial charge in [-0.2, -0.15) is 0 Å². The Bertz CT molecular complexity index is 499. The van der Waals surface area contributed by atoms with Gasteiger partial charge in [-0.1, -0.05) is 32.5 Å². The van der Waals surface area contributed by atoms with Crippen molar-refractivity contribution in [2.24, 2.45) is 11.7 Å². The van der Waals surface area contributed by atoms with E-state index >= 15 is 0 Å². The molecule has 0 bridgehead atoms. The van der Waals surface area contributed by atoms with Gasteiger partial charge in [0.05, 0.1) is 5.56 Å². The van der Waals surface area contributed by atoms with Gasteiger partial charge in [-0.05, 0) is 43.7 Å². The minimum atomic E-state index is 0.463. The Morgan fingerprint density at radius 1 is 1.45 bits per heavy atom. The predicted molar refractivity (Wildman–Crippen MR) is 89.5 cm³/mol. The van der Waals surface area contributed by atoms with E-state index in [1.807, 2.05) is 0 Å². The molecule has 4 heteroatoms. The standard InChI is InChI=1S/C16H25N3S/c1-4-11(3)10-19(5-2)16-13(15(17)20)9-12-7-6-8-14(12)18-16/h9,11H,4-8,10H2,1-3H3,(H2,17,20). The second-order valence-electron chi connectivity index (χ2n) is 5.74. The minimum absolute atomic E-state index is 0.463. The SMILES string of the molecule is CCC(C)CN(CC)c1nc2c(cc1C(N)=S)CCC2. The smallest absolute Gasteiger partial charge is 0.139 e. The maximum atomic E-state index is 5.93. The van der Waals surface area contributed by atoms with Gasteiger partial charge in [0.15, 0.2) is 0 Å². The molecule has 1 aliphatic carbocycles. The van der Waals surface area contributed by atoms with Gasteiger partial charge in [0.1, 0.15) is 10.8 Å². The Morgan fingerprint density at radius 2 is 2.20 bits per heavy atom. The van der Waals surface area contributed by atoms with Crippen molar-refractivity contribution in [2.45, 2.75) is 46.5 Å². The Balaban J connectivity index is 2.39. The van der Waals surface area contributed by atoms with Crippen molar-refractivity contribution in [3.63, 3.8) is 0 Å². The molecular formula is C16H25N3S. The van der Waals surface area contributed by atoms with Crippen molar-refractivity contribution in [3.8, 4) is 0 Å². The van der Waals surface area contributed by atoms with E-state index < -0.39 is 0 Å². The lowest BCUT2D eigenvalue weighted by Crippen LogP contribution is -2.31. The van der Waals surface area contributed by atoms with E-state index in [-0.39, 0.29) is 0 Å². The summed E-state index contributed by atoms with van der Waals surface area (Å²) in [6.45, 7) is 8.61. The van der Waals surface area contributed by atoms with Gasteiger partial charge in [0.25, 0.3) is 0 Å². The van der Waals surface area contributed by atoms with Gasteiger partial charge in [-0.25, -0.2) is 4.98 Å². The van der Waals surface area contributed by atoms with Crippen LogP contribution in [0.2, 0.25) is 0 Å². The third-order valence-corrected chi connectivity index (χ3v) is 4.43. The number of thiocarbonyl (C=S) groups is 1. The molecule has 0 radical (unpaired) electrons. The van der Waals surface area contributed by atoms with Crippen LogP contribution in [0.1, 0.15) is 50.4 Å². The highest BCUT2D eigenvalue weighted by molar-refractivity contribution is 7.80. The molecule has 2 N–H and O–H groups in total. The van der Waals surface area contributed by atoms with Gasteiger partial charge >= 0.3 is 0 Å². The average Bonchev–Trinajstić information content (AvgIpc) is 2.90. The van der Waals surface area contributed by atoms with Crippen molar-refractivity contribution in [1.29, 1.82) is 0 Å². The largest absolute Gasteiger partial charge is 0.389 e. The summed E-state index contributed by atoms with van der Waals surface area (Å²) in [5.74, 6) is 1.63. The number of pyridine rings is 1. The third kappa shape index (κ3) is 3.11. The quantitative estimate of drug-likeness (QED) is 0.818. The second kappa shape index (κ2) is 6.53. The van der Waals surface area contributed by atoms with E-state index in [1.54, 1.807) is 0 Å². The van der Waals surface area contributed by atoms with Crippen LogP contribution in [0.4, 0.5) is 5.82 Å². The van der Waals surface area contributed by atoms with Gasteiger partial charge in [0, 0.05) is 18.8 Å². The summed E-state index contributed by atoms with van der Waals surface area (Å²) in [6, 6.07) is 2.17. The number of anilines is 1. The Hall–Kier alpha value is -1.16. The highest BCUT2D eigenvalue weighted by atomic mass is 32.1. The van der Waals surface area contributed by atoms with Crippen LogP contribution in [-0.4, -0.2) is 23.1 Å². The van der Waals surface area contributed by atoms with E-state index in [2.05, 4.69) is 31.7 Å². The Kier molecular flexibility index (Phi) is 4.97. The van der Waals surface area contributed by atoms with E-state index in [0.717, 1.165) is 37.3 Å². The van der Waals surface area contributed by atoms with E-state index in [9.17, 15) is 0 Å². The summed E-state index contributed by atoms with van der Waals surface area (Å²) in [7, 11) is 0. The molecule has 0 saturated heterocycles. The molecule has 110 valence electrons. The molecule has 0 saturated carbocycles. The van der Waals surface area contributed by atoms with Crippen LogP contribution in [0.15, 0.2) is 6.07 Å². The number of hydrogen-bond acceptors (Lipinski definition) is 3. The molecule has 0 amide bonds. The predicted octanol–water partition coefficient (Wildman–Crippen LogP) is 3.08. The first kappa shape index (κ1) is 15.2. The zero-order valence-electron chi connectivity index (χ0n) is 12.8. The fourth-order valence-corrected chi connectivity index (χ4v) is 2.90. The lowest BCUT2D eigenvalue weighted by molar-refractivity contribution is 0.545. The fourth-order valence-electron chi connectivity index (χ4n) is 2.75. The molecule has 1 atom stereocenters. The zero-order chi connectivity index (χ0) is 14.7. The first-order chi connectivity index (χ1) is 9.56. The maximum Gasteiger partial charge on any atom is 0.139 e. The number of rotatable bonds is 6. The molecule has 0 aromatic carbocycles. The molecule has 20 heavy (non-hydrogen) atoms. The van der Waals surface area contributed by atoms with E-state index in [4.69, 9.17) is 22.9 Å². The number of nitrogens with two attached hydrogens (primary N) is 1. The molecule has 2 rings (SSSR count). The molecule has 0 aliphatic heterocycles. The van der Waals surface area contributed by atoms with Crippen LogP contribution in [0.5, 0.6) is 0 Å². The van der Waals surface area contributed by atoms with Crippen LogP contribution in [0.3, 0.4) is 0 Å². The summed E-state index contributed by atoms with van der Waals surface area (Å²) in [4.78, 5) is 7.67. The summed E-state index contributed by atoms with van der Waals surface area (Å²) < 4.78 is 0. The first-order valence-corrected chi connectivity index (χ1v) is 8.05. The summed E-state index contributed by atoms with van der Waals surface area (Å²) >= 11 is 5.24. The molecular weight excluding hydrogens is 266 g/mol. The van der Waals surface area contributed by atoms with Crippen LogP contribution >= 0.6 is 12.2 Å². The number of nitrogens with zero attached hydrogens (tertiary/aromatic N) is 2. The van der Waals surface area contributed by atoms with Gasteiger partial charge < -0.3 is 10.6 Å². The molecule has 0 fully saturated rings. The molecule has 1 heterocycles. The summed E-state index contributed by atoms with van der Waals surface area (Å²) in [5.41, 5.74) is 9.45. The van der Waals surface area contributed by atoms with Gasteiger partial charge in [0.2, 0.25) is 0 Å². The third-order valence-electron chi connectivity index (χ3n) is 4.21. The monoisotopic (exact) mass is 291 g/mol. The minimum Gasteiger partial charge on any atom is -0.389 e. The zero-order valence-corrected chi connectivity index (χ0v) is 13.6. The molecule has 1 aliphatic rings. The number of aryl methyl sites for hydroxylation is 2. The topological polar surface area (TPSA) is 42.2 Å². The maximum absolute atomic E-state index is 5.93. The van der Waals surface area contributed by atoms with E-state index in [0.29, 0.717) is 10.9 Å². The van der Waals surface area contributed by atoms with Crippen molar-refractivity contribution in [2.75, 3.05) is 18.0 Å². The highest BCUT2D eigenvalue weighted by Gasteiger charge is 2.21. The Labute approximate surface area is 127 Å². The van der Waals surface area contributed by atoms with Crippen LogP contribution in [-0.2, 0) is 12.8 Å². The number of fused-ring (bicyclic) bond motifs is 1. The molecule has 1 aromatic rings. The molecule has 3 nitrogen and oxygen atoms in total. The normalized spacial score (nSPS) is 14.9. The van der Waals surface area contributed by atoms with Crippen molar-refractivity contribution < 1.29 is 0 Å². The van der Waals surface area contributed by atoms with E-state index in [1.165, 1.54) is 24.1 Å². The summed E-state index contributed by atoms with van der Waals surface area (Å²) in [5, 5.41) is 0. The molecule has 1 aromatic heterocycles. The Morgan fingerprint density at radius 3 is 2.80 bits per heavy atom. The van der Waals surface area contributed by atoms with Crippen molar-refractivity contribution >= 4 is 23.0 Å². The molecule has 1 unspecified atom stereocenters. The fraction of sp³-hybridized carbons (Fsp3) is 0.625. The van der Waals surface area contributed by atoms with Crippen LogP contribution in [0.25, 0.3) is 0 Å². The summed E-state index contributed by atoms with van der Waals surface area (Å²) in [6.07, 6.45) is 4.56. The van der Waals surface area contributed by atoms with Crippen LogP contribution < -0.4 is 10.6 Å². The number of aromatic nitrogens is 1. The van der Waals surface area contributed by atoms with Crippen molar-refractivity contribution in [3.05, 3.63) is 22.9 Å². The van der Waals surface area contributed by atoms with Gasteiger partial charge in [-0.15, -0.1) is 0 Å². The number of hydrogen-bond donors (Lipinski definition) is 1. The lowest BCUT2D eigenvalue weighted by Gasteiger charge is -2.27. The average molecular weight is 291 g/mol. The highest BCUT2D eigenvalue weighted by Crippen LogP contribution is 2.28.